The second kappa shape index (κ2) is 7.98. The van der Waals surface area contributed by atoms with Gasteiger partial charge in [-0.05, 0) is 42.7 Å². The van der Waals surface area contributed by atoms with E-state index in [-0.39, 0.29) is 11.8 Å². The van der Waals surface area contributed by atoms with Crippen molar-refractivity contribution in [2.45, 2.75) is 19.4 Å². The highest BCUT2D eigenvalue weighted by Gasteiger charge is 2.56. The van der Waals surface area contributed by atoms with Gasteiger partial charge in [0, 0.05) is 32.0 Å². The van der Waals surface area contributed by atoms with Crippen molar-refractivity contribution in [1.29, 1.82) is 0 Å². The summed E-state index contributed by atoms with van der Waals surface area (Å²) in [5.74, 6) is -0.453. The quantitative estimate of drug-likeness (QED) is 0.749. The Labute approximate surface area is 164 Å². The van der Waals surface area contributed by atoms with Crippen molar-refractivity contribution in [3.05, 3.63) is 54.4 Å². The summed E-state index contributed by atoms with van der Waals surface area (Å²) >= 11 is 0. The first-order valence-corrected chi connectivity index (χ1v) is 9.59. The Balaban J connectivity index is 1.42. The fourth-order valence-corrected chi connectivity index (χ4v) is 3.44. The van der Waals surface area contributed by atoms with Crippen LogP contribution in [0.2, 0.25) is 0 Å². The first-order valence-electron chi connectivity index (χ1n) is 9.59. The van der Waals surface area contributed by atoms with Crippen molar-refractivity contribution >= 4 is 23.2 Å². The molecule has 0 radical (unpaired) electrons. The van der Waals surface area contributed by atoms with Crippen LogP contribution in [0.4, 0.5) is 11.4 Å². The van der Waals surface area contributed by atoms with E-state index in [1.54, 1.807) is 12.4 Å². The number of morpholine rings is 1. The maximum absolute atomic E-state index is 13.0. The number of nitrogens with zero attached hydrogens (tertiary/aromatic N) is 2. The average Bonchev–Trinajstić information content (AvgIpc) is 3.56. The first-order chi connectivity index (χ1) is 13.7. The molecule has 28 heavy (non-hydrogen) atoms. The molecule has 2 fully saturated rings. The summed E-state index contributed by atoms with van der Waals surface area (Å²) < 4.78 is 5.42. The summed E-state index contributed by atoms with van der Waals surface area (Å²) in [6.07, 6.45) is 4.51. The van der Waals surface area contributed by atoms with Crippen LogP contribution < -0.4 is 15.5 Å². The van der Waals surface area contributed by atoms with Crippen molar-refractivity contribution in [2.75, 3.05) is 36.5 Å². The zero-order chi connectivity index (χ0) is 19.4. The molecule has 1 aliphatic heterocycles. The van der Waals surface area contributed by atoms with Gasteiger partial charge in [0.1, 0.15) is 5.41 Å². The van der Waals surface area contributed by atoms with E-state index in [9.17, 15) is 9.59 Å². The van der Waals surface area contributed by atoms with Crippen LogP contribution in [-0.2, 0) is 20.9 Å². The molecule has 1 saturated carbocycles. The third-order valence-corrected chi connectivity index (χ3v) is 5.33. The van der Waals surface area contributed by atoms with Crippen molar-refractivity contribution < 1.29 is 14.3 Å². The molecular formula is C21H24N4O3. The summed E-state index contributed by atoms with van der Waals surface area (Å²) in [7, 11) is 0. The molecule has 2 N–H and O–H groups in total. The fraction of sp³-hybridized carbons (Fsp3) is 0.381. The molecule has 1 aliphatic carbocycles. The van der Waals surface area contributed by atoms with Crippen LogP contribution in [0.3, 0.4) is 0 Å². The summed E-state index contributed by atoms with van der Waals surface area (Å²) in [6, 6.07) is 11.4. The molecule has 0 unspecified atom stereocenters. The molecule has 0 bridgehead atoms. The van der Waals surface area contributed by atoms with Crippen LogP contribution in [-0.4, -0.2) is 43.1 Å². The van der Waals surface area contributed by atoms with Gasteiger partial charge in [-0.25, -0.2) is 0 Å². The molecule has 146 valence electrons. The minimum atomic E-state index is -0.967. The number of carbonyl (C=O) groups excluding carboxylic acids is 2. The second-order valence-corrected chi connectivity index (χ2v) is 7.19. The molecule has 1 aromatic heterocycles. The predicted octanol–water partition coefficient (Wildman–Crippen LogP) is 1.95. The number of anilines is 2. The molecule has 2 amide bonds. The highest BCUT2D eigenvalue weighted by molar-refractivity contribution is 6.13. The Morgan fingerprint density at radius 2 is 1.75 bits per heavy atom. The van der Waals surface area contributed by atoms with E-state index >= 15 is 0 Å². The Kier molecular flexibility index (Phi) is 5.25. The maximum atomic E-state index is 13.0. The van der Waals surface area contributed by atoms with Crippen LogP contribution in [0.25, 0.3) is 0 Å². The zero-order valence-corrected chi connectivity index (χ0v) is 15.7. The number of nitrogens with one attached hydrogen (secondary N) is 2. The van der Waals surface area contributed by atoms with Crippen LogP contribution in [0.5, 0.6) is 0 Å². The van der Waals surface area contributed by atoms with E-state index in [2.05, 4.69) is 20.5 Å². The molecule has 0 spiro atoms. The van der Waals surface area contributed by atoms with Crippen molar-refractivity contribution in [3.8, 4) is 0 Å². The number of amides is 2. The van der Waals surface area contributed by atoms with Crippen molar-refractivity contribution in [3.63, 3.8) is 0 Å². The number of ether oxygens (including phenoxy) is 1. The van der Waals surface area contributed by atoms with Gasteiger partial charge in [0.25, 0.3) is 0 Å². The molecule has 0 atom stereocenters. The molecule has 1 aromatic carbocycles. The lowest BCUT2D eigenvalue weighted by Gasteiger charge is -2.30. The zero-order valence-electron chi connectivity index (χ0n) is 15.7. The average molecular weight is 380 g/mol. The number of aromatic nitrogens is 1. The third-order valence-electron chi connectivity index (χ3n) is 5.33. The lowest BCUT2D eigenvalue weighted by molar-refractivity contribution is -0.134. The van der Waals surface area contributed by atoms with Gasteiger partial charge in [0.2, 0.25) is 11.8 Å². The molecule has 7 nitrogen and oxygen atoms in total. The van der Waals surface area contributed by atoms with E-state index in [1.807, 2.05) is 36.4 Å². The smallest absolute Gasteiger partial charge is 0.240 e. The fourth-order valence-electron chi connectivity index (χ4n) is 3.44. The van der Waals surface area contributed by atoms with Crippen LogP contribution >= 0.6 is 0 Å². The molecule has 2 aromatic rings. The van der Waals surface area contributed by atoms with Crippen molar-refractivity contribution in [2.24, 2.45) is 5.41 Å². The first kappa shape index (κ1) is 18.4. The number of pyridine rings is 1. The number of hydrogen-bond acceptors (Lipinski definition) is 5. The van der Waals surface area contributed by atoms with Crippen molar-refractivity contribution in [1.82, 2.24) is 10.3 Å². The Hall–Kier alpha value is -2.93. The summed E-state index contributed by atoms with van der Waals surface area (Å²) in [5, 5.41) is 5.89. The highest BCUT2D eigenvalue weighted by Crippen LogP contribution is 2.47. The van der Waals surface area contributed by atoms with Gasteiger partial charge in [-0.1, -0.05) is 12.1 Å². The molecule has 2 heterocycles. The molecule has 7 heteroatoms. The lowest BCUT2D eigenvalue weighted by atomic mass is 10.0. The van der Waals surface area contributed by atoms with Gasteiger partial charge < -0.3 is 20.3 Å². The minimum absolute atomic E-state index is 0.217. The predicted molar refractivity (Wildman–Crippen MR) is 106 cm³/mol. The number of para-hydroxylation sites is 2. The van der Waals surface area contributed by atoms with E-state index in [0.717, 1.165) is 30.0 Å². The Morgan fingerprint density at radius 3 is 2.46 bits per heavy atom. The van der Waals surface area contributed by atoms with Gasteiger partial charge >= 0.3 is 0 Å². The van der Waals surface area contributed by atoms with E-state index in [0.29, 0.717) is 32.6 Å². The summed E-state index contributed by atoms with van der Waals surface area (Å²) in [6.45, 7) is 3.29. The molecular weight excluding hydrogens is 356 g/mol. The number of rotatable bonds is 6. The molecule has 1 saturated heterocycles. The standard InChI is InChI=1S/C21H24N4O3/c26-19(23-15-16-5-9-22-10-6-16)21(7-8-21)20(27)24-17-3-1-2-4-18(17)25-11-13-28-14-12-25/h1-6,9-10H,7-8,11-15H2,(H,23,26)(H,24,27). The lowest BCUT2D eigenvalue weighted by Crippen LogP contribution is -2.40. The monoisotopic (exact) mass is 380 g/mol. The van der Waals surface area contributed by atoms with Gasteiger partial charge in [-0.2, -0.15) is 0 Å². The van der Waals surface area contributed by atoms with Crippen LogP contribution in [0.15, 0.2) is 48.8 Å². The van der Waals surface area contributed by atoms with Crippen LogP contribution in [0.1, 0.15) is 18.4 Å². The maximum Gasteiger partial charge on any atom is 0.240 e. The topological polar surface area (TPSA) is 83.6 Å². The number of carbonyl (C=O) groups is 2. The van der Waals surface area contributed by atoms with Gasteiger partial charge in [-0.15, -0.1) is 0 Å². The number of benzene rings is 1. The highest BCUT2D eigenvalue weighted by atomic mass is 16.5. The SMILES string of the molecule is O=C(NCc1ccncc1)C1(C(=O)Nc2ccccc2N2CCOCC2)CC1. The van der Waals surface area contributed by atoms with E-state index in [4.69, 9.17) is 4.74 Å². The number of hydrogen-bond donors (Lipinski definition) is 2. The summed E-state index contributed by atoms with van der Waals surface area (Å²) in [5.41, 5.74) is 1.69. The van der Waals surface area contributed by atoms with Gasteiger partial charge in [0.15, 0.2) is 0 Å². The molecule has 2 aliphatic rings. The normalized spacial score (nSPS) is 17.6. The summed E-state index contributed by atoms with van der Waals surface area (Å²) in [4.78, 5) is 31.8. The van der Waals surface area contributed by atoms with E-state index in [1.165, 1.54) is 0 Å². The Bertz CT molecular complexity index is 846. The van der Waals surface area contributed by atoms with Crippen LogP contribution in [0, 0.1) is 5.41 Å². The second-order valence-electron chi connectivity index (χ2n) is 7.19. The minimum Gasteiger partial charge on any atom is -0.378 e. The third kappa shape index (κ3) is 3.84. The van der Waals surface area contributed by atoms with Gasteiger partial charge in [-0.3, -0.25) is 14.6 Å². The van der Waals surface area contributed by atoms with E-state index < -0.39 is 5.41 Å². The molecule has 4 rings (SSSR count). The Morgan fingerprint density at radius 1 is 1.04 bits per heavy atom. The van der Waals surface area contributed by atoms with Gasteiger partial charge in [0.05, 0.1) is 24.6 Å². The largest absolute Gasteiger partial charge is 0.378 e.